The van der Waals surface area contributed by atoms with E-state index in [0.29, 0.717) is 35.1 Å². The number of rotatable bonds is 7. The molecule has 1 saturated heterocycles. The summed E-state index contributed by atoms with van der Waals surface area (Å²) in [7, 11) is -3.44. The van der Waals surface area contributed by atoms with Gasteiger partial charge in [-0.3, -0.25) is 5.73 Å². The van der Waals surface area contributed by atoms with Crippen molar-refractivity contribution >= 4 is 38.4 Å². The molecule has 2 heterocycles. The fraction of sp³-hybridized carbons (Fsp3) is 0.368. The summed E-state index contributed by atoms with van der Waals surface area (Å²) < 4.78 is 31.7. The quantitative estimate of drug-likeness (QED) is 0.348. The second-order valence-corrected chi connectivity index (χ2v) is 8.92. The summed E-state index contributed by atoms with van der Waals surface area (Å²) in [4.78, 5) is 26.6. The van der Waals surface area contributed by atoms with Gasteiger partial charge in [-0.25, -0.2) is 22.3 Å². The van der Waals surface area contributed by atoms with Gasteiger partial charge in [0.05, 0.1) is 11.3 Å². The number of nitrogens with zero attached hydrogens (tertiary/aromatic N) is 1. The highest BCUT2D eigenvalue weighted by molar-refractivity contribution is 7.88. The van der Waals surface area contributed by atoms with Crippen LogP contribution in [0.15, 0.2) is 30.5 Å². The van der Waals surface area contributed by atoms with Crippen LogP contribution >= 0.6 is 0 Å². The molecule has 2 aromatic rings. The number of benzene rings is 1. The molecule has 1 aliphatic heterocycles. The third kappa shape index (κ3) is 4.84. The lowest BCUT2D eigenvalue weighted by molar-refractivity contribution is -0.141. The summed E-state index contributed by atoms with van der Waals surface area (Å²) in [5.41, 5.74) is 6.78. The molecule has 1 aromatic carbocycles. The van der Waals surface area contributed by atoms with Crippen molar-refractivity contribution in [2.45, 2.75) is 31.7 Å². The van der Waals surface area contributed by atoms with Crippen molar-refractivity contribution in [1.29, 1.82) is 0 Å². The Bertz CT molecular complexity index is 1060. The Morgan fingerprint density at radius 1 is 1.34 bits per heavy atom. The Morgan fingerprint density at radius 3 is 2.66 bits per heavy atom. The molecule has 0 saturated carbocycles. The van der Waals surface area contributed by atoms with Gasteiger partial charge in [-0.1, -0.05) is 6.07 Å². The summed E-state index contributed by atoms with van der Waals surface area (Å²) in [6.45, 7) is 2.50. The van der Waals surface area contributed by atoms with Crippen LogP contribution in [-0.4, -0.2) is 54.1 Å². The maximum atomic E-state index is 12.6. The second kappa shape index (κ2) is 8.36. The van der Waals surface area contributed by atoms with E-state index < -0.39 is 28.2 Å². The molecule has 10 heteroatoms. The second-order valence-electron chi connectivity index (χ2n) is 6.95. The maximum absolute atomic E-state index is 12.6. The van der Waals surface area contributed by atoms with E-state index >= 15 is 0 Å². The van der Waals surface area contributed by atoms with E-state index in [1.165, 1.54) is 17.4 Å². The zero-order chi connectivity index (χ0) is 21.2. The lowest BCUT2D eigenvalue weighted by Gasteiger charge is -2.15. The highest BCUT2D eigenvalue weighted by atomic mass is 32.2. The number of aromatic amines is 1. The molecular weight excluding hydrogens is 398 g/mol. The van der Waals surface area contributed by atoms with E-state index in [1.807, 2.05) is 0 Å². The Hall–Kier alpha value is -2.69. The molecule has 3 rings (SSSR count). The minimum atomic E-state index is -3.44. The monoisotopic (exact) mass is 421 g/mol. The normalized spacial score (nSPS) is 16.8. The van der Waals surface area contributed by atoms with E-state index in [1.54, 1.807) is 18.2 Å². The molecule has 0 spiro atoms. The fourth-order valence-corrected chi connectivity index (χ4v) is 4.95. The molecule has 1 aromatic heterocycles. The lowest BCUT2D eigenvalue weighted by atomic mass is 10.0. The number of sulfonamides is 1. The zero-order valence-electron chi connectivity index (χ0n) is 15.9. The lowest BCUT2D eigenvalue weighted by Crippen LogP contribution is -2.29. The number of aliphatic carboxylic acids is 1. The van der Waals surface area contributed by atoms with Gasteiger partial charge in [0.1, 0.15) is 6.23 Å². The number of aromatic nitrogens is 1. The standard InChI is InChI=1S/C19H23N3O6S/c1-12(20)28-19(25)15(9-18(23)24)16-10-21-17-5-4-13(8-14(16)17)11-29(26,27)22-6-2-3-7-22/h4-5,8-10,12,21H,2-3,6-7,11,20H2,1H3,(H,23,24)/b15-9+. The SMILES string of the molecule is CC(N)OC(=O)/C(=C/C(=O)O)c1c[nH]c2ccc(CS(=O)(=O)N3CCCC3)cc12. The maximum Gasteiger partial charge on any atom is 0.340 e. The number of esters is 1. The number of carbonyl (C=O) groups is 2. The number of fused-ring (bicyclic) bond motifs is 1. The minimum absolute atomic E-state index is 0.171. The Morgan fingerprint density at radius 2 is 2.03 bits per heavy atom. The number of ether oxygens (including phenoxy) is 1. The highest BCUT2D eigenvalue weighted by Crippen LogP contribution is 2.28. The van der Waals surface area contributed by atoms with E-state index in [0.717, 1.165) is 18.9 Å². The van der Waals surface area contributed by atoms with Gasteiger partial charge in [0, 0.05) is 41.8 Å². The summed E-state index contributed by atoms with van der Waals surface area (Å²) in [6, 6.07) is 5.03. The van der Waals surface area contributed by atoms with Crippen LogP contribution in [0.4, 0.5) is 0 Å². The third-order valence-corrected chi connectivity index (χ3v) is 6.47. The summed E-state index contributed by atoms with van der Waals surface area (Å²) in [5.74, 6) is -2.36. The van der Waals surface area contributed by atoms with Crippen LogP contribution in [0.2, 0.25) is 0 Å². The van der Waals surface area contributed by atoms with Gasteiger partial charge in [-0.05, 0) is 37.5 Å². The van der Waals surface area contributed by atoms with Gasteiger partial charge in [-0.2, -0.15) is 0 Å². The number of carboxylic acid groups (broad SMARTS) is 1. The highest BCUT2D eigenvalue weighted by Gasteiger charge is 2.26. The number of nitrogens with two attached hydrogens (primary N) is 1. The van der Waals surface area contributed by atoms with Crippen molar-refractivity contribution in [1.82, 2.24) is 9.29 Å². The van der Waals surface area contributed by atoms with Gasteiger partial charge < -0.3 is 14.8 Å². The summed E-state index contributed by atoms with van der Waals surface area (Å²) in [6.07, 6.45) is 3.03. The minimum Gasteiger partial charge on any atom is -0.478 e. The van der Waals surface area contributed by atoms with E-state index in [4.69, 9.17) is 15.6 Å². The van der Waals surface area contributed by atoms with Gasteiger partial charge >= 0.3 is 11.9 Å². The van der Waals surface area contributed by atoms with E-state index in [2.05, 4.69) is 4.98 Å². The van der Waals surface area contributed by atoms with Gasteiger partial charge in [0.25, 0.3) is 0 Å². The molecular formula is C19H23N3O6S. The summed E-state index contributed by atoms with van der Waals surface area (Å²) >= 11 is 0. The Kier molecular flexibility index (Phi) is 6.06. The molecule has 0 amide bonds. The predicted molar refractivity (Wildman–Crippen MR) is 107 cm³/mol. The van der Waals surface area contributed by atoms with E-state index in [9.17, 15) is 18.0 Å². The first-order chi connectivity index (χ1) is 13.7. The average molecular weight is 421 g/mol. The molecule has 156 valence electrons. The molecule has 0 radical (unpaired) electrons. The van der Waals surface area contributed by atoms with Crippen LogP contribution in [0.1, 0.15) is 30.9 Å². The van der Waals surface area contributed by atoms with Crippen LogP contribution in [-0.2, 0) is 30.1 Å². The molecule has 9 nitrogen and oxygen atoms in total. The van der Waals surface area contributed by atoms with Crippen molar-refractivity contribution in [3.8, 4) is 0 Å². The molecule has 4 N–H and O–H groups in total. The van der Waals surface area contributed by atoms with Crippen molar-refractivity contribution in [2.24, 2.45) is 5.73 Å². The largest absolute Gasteiger partial charge is 0.478 e. The van der Waals surface area contributed by atoms with Gasteiger partial charge in [0.2, 0.25) is 10.0 Å². The summed E-state index contributed by atoms with van der Waals surface area (Å²) in [5, 5.41) is 9.68. The molecule has 29 heavy (non-hydrogen) atoms. The number of hydrogen-bond acceptors (Lipinski definition) is 6. The van der Waals surface area contributed by atoms with Crippen LogP contribution in [0.5, 0.6) is 0 Å². The van der Waals surface area contributed by atoms with Crippen molar-refractivity contribution < 1.29 is 27.9 Å². The molecule has 0 aliphatic carbocycles. The molecule has 1 atom stereocenters. The van der Waals surface area contributed by atoms with Crippen LogP contribution in [0.3, 0.4) is 0 Å². The number of nitrogens with one attached hydrogen (secondary N) is 1. The number of hydrogen-bond donors (Lipinski definition) is 3. The number of H-pyrrole nitrogens is 1. The van der Waals surface area contributed by atoms with Crippen molar-refractivity contribution in [3.63, 3.8) is 0 Å². The molecule has 1 aliphatic rings. The van der Waals surface area contributed by atoms with Crippen LogP contribution < -0.4 is 5.73 Å². The first-order valence-corrected chi connectivity index (χ1v) is 10.8. The first kappa shape index (κ1) is 21.0. The van der Waals surface area contributed by atoms with Gasteiger partial charge in [0.15, 0.2) is 0 Å². The topological polar surface area (TPSA) is 143 Å². The average Bonchev–Trinajstić information content (AvgIpc) is 3.28. The smallest absolute Gasteiger partial charge is 0.340 e. The van der Waals surface area contributed by atoms with Crippen molar-refractivity contribution in [2.75, 3.05) is 13.1 Å². The number of carbonyl (C=O) groups excluding carboxylic acids is 1. The third-order valence-electron chi connectivity index (χ3n) is 4.62. The first-order valence-electron chi connectivity index (χ1n) is 9.17. The molecule has 0 bridgehead atoms. The van der Waals surface area contributed by atoms with Gasteiger partial charge in [-0.15, -0.1) is 0 Å². The molecule has 1 unspecified atom stereocenters. The number of carboxylic acids is 1. The van der Waals surface area contributed by atoms with Crippen molar-refractivity contribution in [3.05, 3.63) is 41.6 Å². The Labute approximate surface area is 168 Å². The zero-order valence-corrected chi connectivity index (χ0v) is 16.7. The van der Waals surface area contributed by atoms with Crippen LogP contribution in [0, 0.1) is 0 Å². The Balaban J connectivity index is 1.99. The van der Waals surface area contributed by atoms with Crippen LogP contribution in [0.25, 0.3) is 16.5 Å². The predicted octanol–water partition coefficient (Wildman–Crippen LogP) is 1.41. The molecule has 1 fully saturated rings. The van der Waals surface area contributed by atoms with E-state index in [-0.39, 0.29) is 11.3 Å². The fourth-order valence-electron chi connectivity index (χ4n) is 3.35.